The van der Waals surface area contributed by atoms with Gasteiger partial charge in [0, 0.05) is 0 Å². The molecule has 7 heteroatoms. The van der Waals surface area contributed by atoms with Gasteiger partial charge in [0.1, 0.15) is 0 Å². The molecule has 0 bridgehead atoms. The predicted molar refractivity (Wildman–Crippen MR) is 57.7 cm³/mol. The molecule has 5 N–H and O–H groups in total. The molecule has 0 heterocycles. The van der Waals surface area contributed by atoms with Gasteiger partial charge in [-0.3, -0.25) is 4.79 Å². The number of aliphatic carboxylic acids is 1. The first kappa shape index (κ1) is 14.2. The highest BCUT2D eigenvalue weighted by Gasteiger charge is 2.26. The standard InChI is InChI=1S/C8H16N2O4S/c1-4(11)6(8(13)14)10-7(12)5(9)2-3-15/h4-6,11,15H,2-3,9H2,1H3,(H,10,12)(H,13,14)/t4-,5+,6+/m1/s1. The van der Waals surface area contributed by atoms with Crippen molar-refractivity contribution in [2.24, 2.45) is 5.73 Å². The van der Waals surface area contributed by atoms with Crippen molar-refractivity contribution in [3.8, 4) is 0 Å². The number of carbonyl (C=O) groups is 2. The Morgan fingerprint density at radius 3 is 2.40 bits per heavy atom. The maximum Gasteiger partial charge on any atom is 0.328 e. The summed E-state index contributed by atoms with van der Waals surface area (Å²) >= 11 is 3.90. The second kappa shape index (κ2) is 6.65. The molecule has 0 saturated heterocycles. The van der Waals surface area contributed by atoms with Crippen molar-refractivity contribution in [3.05, 3.63) is 0 Å². The van der Waals surface area contributed by atoms with Crippen molar-refractivity contribution in [3.63, 3.8) is 0 Å². The van der Waals surface area contributed by atoms with Crippen molar-refractivity contribution in [2.45, 2.75) is 31.5 Å². The zero-order valence-corrected chi connectivity index (χ0v) is 9.28. The summed E-state index contributed by atoms with van der Waals surface area (Å²) in [6, 6.07) is -2.13. The maximum atomic E-state index is 11.3. The number of thiol groups is 1. The Balaban J connectivity index is 4.29. The predicted octanol–water partition coefficient (Wildman–Crippen LogP) is -1.42. The zero-order chi connectivity index (χ0) is 12.0. The van der Waals surface area contributed by atoms with Crippen LogP contribution in [0.25, 0.3) is 0 Å². The summed E-state index contributed by atoms with van der Waals surface area (Å²) < 4.78 is 0. The molecule has 0 aliphatic rings. The molecule has 6 nitrogen and oxygen atoms in total. The molecule has 1 amide bonds. The van der Waals surface area contributed by atoms with Gasteiger partial charge in [0.25, 0.3) is 0 Å². The summed E-state index contributed by atoms with van der Waals surface area (Å²) in [6.45, 7) is 1.28. The summed E-state index contributed by atoms with van der Waals surface area (Å²) in [7, 11) is 0. The van der Waals surface area contributed by atoms with Crippen molar-refractivity contribution >= 4 is 24.5 Å². The van der Waals surface area contributed by atoms with Gasteiger partial charge in [0.05, 0.1) is 12.1 Å². The fraction of sp³-hybridized carbons (Fsp3) is 0.750. The molecule has 0 unspecified atom stereocenters. The molecule has 0 aromatic rings. The van der Waals surface area contributed by atoms with Gasteiger partial charge in [-0.25, -0.2) is 4.79 Å². The minimum absolute atomic E-state index is 0.348. The number of nitrogens with two attached hydrogens (primary N) is 1. The molecule has 0 radical (unpaired) electrons. The van der Waals surface area contributed by atoms with E-state index in [2.05, 4.69) is 17.9 Å². The first-order chi connectivity index (χ1) is 6.90. The Hall–Kier alpha value is -0.790. The van der Waals surface area contributed by atoms with Gasteiger partial charge in [-0.05, 0) is 19.1 Å². The lowest BCUT2D eigenvalue weighted by Crippen LogP contribution is -2.52. The summed E-state index contributed by atoms with van der Waals surface area (Å²) in [5.74, 6) is -1.46. The van der Waals surface area contributed by atoms with E-state index in [0.717, 1.165) is 0 Å². The normalized spacial score (nSPS) is 16.5. The molecule has 15 heavy (non-hydrogen) atoms. The van der Waals surface area contributed by atoms with Gasteiger partial charge in [-0.2, -0.15) is 12.6 Å². The number of carbonyl (C=O) groups excluding carboxylic acids is 1. The number of aliphatic hydroxyl groups excluding tert-OH is 1. The van der Waals surface area contributed by atoms with Gasteiger partial charge >= 0.3 is 5.97 Å². The smallest absolute Gasteiger partial charge is 0.328 e. The number of rotatable bonds is 6. The Morgan fingerprint density at radius 1 is 1.53 bits per heavy atom. The molecule has 0 aliphatic carbocycles. The average molecular weight is 236 g/mol. The zero-order valence-electron chi connectivity index (χ0n) is 8.38. The third kappa shape index (κ3) is 5.01. The van der Waals surface area contributed by atoms with Crippen LogP contribution in [0.4, 0.5) is 0 Å². The fourth-order valence-corrected chi connectivity index (χ4v) is 1.20. The Bertz CT molecular complexity index is 235. The number of amides is 1. The van der Waals surface area contributed by atoms with E-state index in [9.17, 15) is 9.59 Å². The van der Waals surface area contributed by atoms with Crippen LogP contribution in [0.5, 0.6) is 0 Å². The third-order valence-corrected chi connectivity index (χ3v) is 2.08. The molecular formula is C8H16N2O4S. The molecule has 0 aromatic carbocycles. The number of nitrogens with one attached hydrogen (secondary N) is 1. The highest BCUT2D eigenvalue weighted by atomic mass is 32.1. The van der Waals surface area contributed by atoms with E-state index in [-0.39, 0.29) is 0 Å². The molecule has 0 aliphatic heterocycles. The van der Waals surface area contributed by atoms with Gasteiger partial charge in [0.2, 0.25) is 5.91 Å². The Morgan fingerprint density at radius 2 is 2.07 bits per heavy atom. The van der Waals surface area contributed by atoms with Crippen LogP contribution >= 0.6 is 12.6 Å². The second-order valence-corrected chi connectivity index (χ2v) is 3.63. The molecule has 0 rings (SSSR count). The molecular weight excluding hydrogens is 220 g/mol. The van der Waals surface area contributed by atoms with Crippen molar-refractivity contribution in [2.75, 3.05) is 5.75 Å². The third-order valence-electron chi connectivity index (χ3n) is 1.82. The van der Waals surface area contributed by atoms with Crippen LogP contribution < -0.4 is 11.1 Å². The van der Waals surface area contributed by atoms with Gasteiger partial charge in [-0.15, -0.1) is 0 Å². The van der Waals surface area contributed by atoms with Gasteiger partial charge in [-0.1, -0.05) is 0 Å². The lowest BCUT2D eigenvalue weighted by Gasteiger charge is -2.19. The van der Waals surface area contributed by atoms with E-state index < -0.39 is 30.1 Å². The first-order valence-electron chi connectivity index (χ1n) is 4.47. The van der Waals surface area contributed by atoms with Crippen LogP contribution in [0.15, 0.2) is 0 Å². The van der Waals surface area contributed by atoms with E-state index in [1.165, 1.54) is 6.92 Å². The van der Waals surface area contributed by atoms with Gasteiger partial charge in [0.15, 0.2) is 6.04 Å². The molecule has 88 valence electrons. The Kier molecular flexibility index (Phi) is 6.30. The monoisotopic (exact) mass is 236 g/mol. The van der Waals surface area contributed by atoms with Crippen LogP contribution in [-0.4, -0.2) is 46.0 Å². The number of hydrogen-bond acceptors (Lipinski definition) is 5. The van der Waals surface area contributed by atoms with Crippen LogP contribution in [0.1, 0.15) is 13.3 Å². The summed E-state index contributed by atoms with van der Waals surface area (Å²) in [6.07, 6.45) is -0.823. The van der Waals surface area contributed by atoms with Crippen molar-refractivity contribution in [1.29, 1.82) is 0 Å². The number of carboxylic acids is 1. The van der Waals surface area contributed by atoms with Crippen LogP contribution in [0.2, 0.25) is 0 Å². The highest BCUT2D eigenvalue weighted by molar-refractivity contribution is 7.80. The van der Waals surface area contributed by atoms with E-state index in [0.29, 0.717) is 12.2 Å². The van der Waals surface area contributed by atoms with Crippen LogP contribution in [0.3, 0.4) is 0 Å². The average Bonchev–Trinajstić information content (AvgIpc) is 2.12. The van der Waals surface area contributed by atoms with E-state index >= 15 is 0 Å². The molecule has 0 saturated carbocycles. The quantitative estimate of drug-likeness (QED) is 0.363. The van der Waals surface area contributed by atoms with Crippen molar-refractivity contribution in [1.82, 2.24) is 5.32 Å². The first-order valence-corrected chi connectivity index (χ1v) is 5.11. The maximum absolute atomic E-state index is 11.3. The molecule has 3 atom stereocenters. The topological polar surface area (TPSA) is 113 Å². The van der Waals surface area contributed by atoms with E-state index in [1.807, 2.05) is 0 Å². The molecule has 0 spiro atoms. The van der Waals surface area contributed by atoms with Gasteiger partial charge < -0.3 is 21.3 Å². The van der Waals surface area contributed by atoms with Crippen LogP contribution in [-0.2, 0) is 9.59 Å². The largest absolute Gasteiger partial charge is 0.480 e. The number of aliphatic hydroxyl groups is 1. The highest BCUT2D eigenvalue weighted by Crippen LogP contribution is 1.96. The number of carboxylic acid groups (broad SMARTS) is 1. The minimum atomic E-state index is -1.33. The SMILES string of the molecule is C[C@@H](O)[C@H](NC(=O)[C@@H](N)CCS)C(=O)O. The molecule has 0 aromatic heterocycles. The second-order valence-electron chi connectivity index (χ2n) is 3.18. The van der Waals surface area contributed by atoms with Crippen LogP contribution in [0, 0.1) is 0 Å². The van der Waals surface area contributed by atoms with Crippen molar-refractivity contribution < 1.29 is 19.8 Å². The molecule has 0 fully saturated rings. The Labute approximate surface area is 93.3 Å². The lowest BCUT2D eigenvalue weighted by molar-refractivity contribution is -0.145. The summed E-state index contributed by atoms with van der Waals surface area (Å²) in [5.41, 5.74) is 5.44. The van der Waals surface area contributed by atoms with E-state index in [1.54, 1.807) is 0 Å². The summed E-state index contributed by atoms with van der Waals surface area (Å²) in [4.78, 5) is 21.9. The number of hydrogen-bond donors (Lipinski definition) is 5. The summed E-state index contributed by atoms with van der Waals surface area (Å²) in [5, 5.41) is 19.9. The minimum Gasteiger partial charge on any atom is -0.480 e. The lowest BCUT2D eigenvalue weighted by atomic mass is 10.1. The van der Waals surface area contributed by atoms with E-state index in [4.69, 9.17) is 15.9 Å². The fourth-order valence-electron chi connectivity index (χ4n) is 0.919.